The van der Waals surface area contributed by atoms with Gasteiger partial charge in [0.05, 0.1) is 6.61 Å². The van der Waals surface area contributed by atoms with Crippen LogP contribution in [0.4, 0.5) is 0 Å². The van der Waals surface area contributed by atoms with Gasteiger partial charge in [0.15, 0.2) is 0 Å². The summed E-state index contributed by atoms with van der Waals surface area (Å²) < 4.78 is 11.4. The molecule has 0 aliphatic carbocycles. The SMILES string of the molecule is CC(C)c1nnc(-c2ccc(-c3cccc([C@H]4O[C@H](CO)[C@H](O)[C@H](O)[C@@H]4O)c3)cc2)o1. The third kappa shape index (κ3) is 4.26. The van der Waals surface area contributed by atoms with Gasteiger partial charge in [-0.3, -0.25) is 0 Å². The standard InChI is InChI=1S/C23H26N2O6/c1-12(2)22-24-25-23(31-22)14-8-6-13(7-9-14)15-4-3-5-16(10-15)21-20(29)19(28)18(27)17(11-26)30-21/h3-10,12,17-21,26-29H,11H2,1-2H3/t17-,18+,19+,20+,21-/m1/s1. The number of aliphatic hydroxyl groups excluding tert-OH is 4. The number of aromatic nitrogens is 2. The molecule has 0 unspecified atom stereocenters. The van der Waals surface area contributed by atoms with Gasteiger partial charge in [0.2, 0.25) is 11.8 Å². The van der Waals surface area contributed by atoms with Gasteiger partial charge in [0, 0.05) is 11.5 Å². The molecule has 0 bridgehead atoms. The highest BCUT2D eigenvalue weighted by molar-refractivity contribution is 5.68. The summed E-state index contributed by atoms with van der Waals surface area (Å²) in [6, 6.07) is 15.0. The Kier molecular flexibility index (Phi) is 6.17. The Hall–Kier alpha value is -2.62. The van der Waals surface area contributed by atoms with E-state index >= 15 is 0 Å². The zero-order valence-corrected chi connectivity index (χ0v) is 17.3. The third-order valence-electron chi connectivity index (χ3n) is 5.51. The molecule has 0 saturated carbocycles. The van der Waals surface area contributed by atoms with E-state index in [2.05, 4.69) is 10.2 Å². The molecule has 2 aromatic carbocycles. The first-order valence-electron chi connectivity index (χ1n) is 10.2. The van der Waals surface area contributed by atoms with Crippen molar-refractivity contribution in [2.45, 2.75) is 50.3 Å². The first-order chi connectivity index (χ1) is 14.9. The number of rotatable bonds is 5. The molecule has 31 heavy (non-hydrogen) atoms. The molecule has 1 aliphatic heterocycles. The summed E-state index contributed by atoms with van der Waals surface area (Å²) in [6.07, 6.45) is -5.93. The number of hydrogen-bond donors (Lipinski definition) is 4. The molecular formula is C23H26N2O6. The normalized spacial score (nSPS) is 26.4. The molecule has 0 radical (unpaired) electrons. The predicted octanol–water partition coefficient (Wildman–Crippen LogP) is 2.04. The van der Waals surface area contributed by atoms with Crippen LogP contribution in [0.1, 0.15) is 37.3 Å². The summed E-state index contributed by atoms with van der Waals surface area (Å²) in [4.78, 5) is 0. The summed E-state index contributed by atoms with van der Waals surface area (Å²) >= 11 is 0. The molecular weight excluding hydrogens is 400 g/mol. The van der Waals surface area contributed by atoms with Crippen molar-refractivity contribution in [1.82, 2.24) is 10.2 Å². The molecule has 1 aromatic heterocycles. The van der Waals surface area contributed by atoms with E-state index in [1.54, 1.807) is 6.07 Å². The lowest BCUT2D eigenvalue weighted by atomic mass is 9.90. The maximum atomic E-state index is 10.4. The molecule has 4 N–H and O–H groups in total. The second-order valence-corrected chi connectivity index (χ2v) is 8.05. The van der Waals surface area contributed by atoms with E-state index in [9.17, 15) is 20.4 Å². The van der Waals surface area contributed by atoms with E-state index in [0.29, 0.717) is 17.3 Å². The summed E-state index contributed by atoms with van der Waals surface area (Å²) in [6.45, 7) is 3.52. The summed E-state index contributed by atoms with van der Waals surface area (Å²) in [5.74, 6) is 1.21. The zero-order valence-electron chi connectivity index (χ0n) is 17.3. The fraction of sp³-hybridized carbons (Fsp3) is 0.391. The molecule has 0 spiro atoms. The van der Waals surface area contributed by atoms with Crippen LogP contribution in [0, 0.1) is 0 Å². The smallest absolute Gasteiger partial charge is 0.247 e. The molecule has 1 aliphatic rings. The van der Waals surface area contributed by atoms with E-state index in [1.165, 1.54) is 0 Å². The van der Waals surface area contributed by atoms with Crippen molar-refractivity contribution >= 4 is 0 Å². The van der Waals surface area contributed by atoms with E-state index in [0.717, 1.165) is 16.7 Å². The predicted molar refractivity (Wildman–Crippen MR) is 112 cm³/mol. The van der Waals surface area contributed by atoms with E-state index < -0.39 is 37.1 Å². The molecule has 2 heterocycles. The van der Waals surface area contributed by atoms with Crippen molar-refractivity contribution in [2.75, 3.05) is 6.61 Å². The van der Waals surface area contributed by atoms with Crippen LogP contribution in [0.2, 0.25) is 0 Å². The number of nitrogens with zero attached hydrogens (tertiary/aromatic N) is 2. The number of aliphatic hydroxyl groups is 4. The van der Waals surface area contributed by atoms with Gasteiger partial charge in [-0.1, -0.05) is 44.2 Å². The molecule has 8 nitrogen and oxygen atoms in total. The van der Waals surface area contributed by atoms with Crippen molar-refractivity contribution in [3.63, 3.8) is 0 Å². The van der Waals surface area contributed by atoms with Crippen molar-refractivity contribution in [2.24, 2.45) is 0 Å². The maximum Gasteiger partial charge on any atom is 0.247 e. The Morgan fingerprint density at radius 1 is 0.871 bits per heavy atom. The van der Waals surface area contributed by atoms with E-state index in [4.69, 9.17) is 9.15 Å². The number of ether oxygens (including phenoxy) is 1. The second-order valence-electron chi connectivity index (χ2n) is 8.05. The van der Waals surface area contributed by atoms with Gasteiger partial charge in [-0.15, -0.1) is 10.2 Å². The van der Waals surface area contributed by atoms with E-state index in [1.807, 2.05) is 56.3 Å². The Morgan fingerprint density at radius 3 is 2.23 bits per heavy atom. The van der Waals surface area contributed by atoms with Crippen LogP contribution in [-0.2, 0) is 4.74 Å². The third-order valence-corrected chi connectivity index (χ3v) is 5.51. The molecule has 3 aromatic rings. The lowest BCUT2D eigenvalue weighted by Gasteiger charge is -2.40. The van der Waals surface area contributed by atoms with Crippen molar-refractivity contribution in [3.8, 4) is 22.6 Å². The molecule has 1 fully saturated rings. The highest BCUT2D eigenvalue weighted by atomic mass is 16.5. The number of hydrogen-bond acceptors (Lipinski definition) is 8. The summed E-state index contributed by atoms with van der Waals surface area (Å²) in [5, 5.41) is 48.0. The van der Waals surface area contributed by atoms with Crippen LogP contribution < -0.4 is 0 Å². The Bertz CT molecular complexity index is 1020. The minimum absolute atomic E-state index is 0.158. The van der Waals surface area contributed by atoms with Gasteiger partial charge in [0.1, 0.15) is 30.5 Å². The first-order valence-corrected chi connectivity index (χ1v) is 10.2. The van der Waals surface area contributed by atoms with Crippen molar-refractivity contribution in [3.05, 3.63) is 60.0 Å². The molecule has 5 atom stereocenters. The number of benzene rings is 2. The summed E-state index contributed by atoms with van der Waals surface area (Å²) in [5.41, 5.74) is 3.26. The largest absolute Gasteiger partial charge is 0.420 e. The Labute approximate surface area is 179 Å². The van der Waals surface area contributed by atoms with Crippen LogP contribution in [0.5, 0.6) is 0 Å². The minimum Gasteiger partial charge on any atom is -0.420 e. The van der Waals surface area contributed by atoms with Crippen molar-refractivity contribution in [1.29, 1.82) is 0 Å². The molecule has 0 amide bonds. The quantitative estimate of drug-likeness (QED) is 0.488. The fourth-order valence-corrected chi connectivity index (χ4v) is 3.66. The second kappa shape index (κ2) is 8.86. The van der Waals surface area contributed by atoms with Gasteiger partial charge < -0.3 is 29.6 Å². The molecule has 4 rings (SSSR count). The minimum atomic E-state index is -1.41. The molecule has 8 heteroatoms. The first kappa shape index (κ1) is 21.6. The average Bonchev–Trinajstić information content (AvgIpc) is 3.29. The lowest BCUT2D eigenvalue weighted by Crippen LogP contribution is -2.55. The van der Waals surface area contributed by atoms with Crippen molar-refractivity contribution < 1.29 is 29.6 Å². The monoisotopic (exact) mass is 426 g/mol. The average molecular weight is 426 g/mol. The highest BCUT2D eigenvalue weighted by Crippen LogP contribution is 2.34. The van der Waals surface area contributed by atoms with Crippen LogP contribution in [0.25, 0.3) is 22.6 Å². The Morgan fingerprint density at radius 2 is 1.58 bits per heavy atom. The van der Waals surface area contributed by atoms with E-state index in [-0.39, 0.29) is 5.92 Å². The van der Waals surface area contributed by atoms with Gasteiger partial charge in [0.25, 0.3) is 0 Å². The highest BCUT2D eigenvalue weighted by Gasteiger charge is 2.43. The summed E-state index contributed by atoms with van der Waals surface area (Å²) in [7, 11) is 0. The van der Waals surface area contributed by atoms with Crippen LogP contribution in [0.15, 0.2) is 52.9 Å². The maximum absolute atomic E-state index is 10.4. The molecule has 164 valence electrons. The van der Waals surface area contributed by atoms with Crippen LogP contribution in [0.3, 0.4) is 0 Å². The topological polar surface area (TPSA) is 129 Å². The molecule has 1 saturated heterocycles. The fourth-order valence-electron chi connectivity index (χ4n) is 3.66. The lowest BCUT2D eigenvalue weighted by molar-refractivity contribution is -0.231. The van der Waals surface area contributed by atoms with Gasteiger partial charge in [-0.25, -0.2) is 0 Å². The van der Waals surface area contributed by atoms with Crippen LogP contribution >= 0.6 is 0 Å². The van der Waals surface area contributed by atoms with Gasteiger partial charge in [-0.2, -0.15) is 0 Å². The Balaban J connectivity index is 1.58. The van der Waals surface area contributed by atoms with Gasteiger partial charge in [-0.05, 0) is 34.9 Å². The zero-order chi connectivity index (χ0) is 22.1. The van der Waals surface area contributed by atoms with Gasteiger partial charge >= 0.3 is 0 Å². The van der Waals surface area contributed by atoms with Crippen LogP contribution in [-0.4, -0.2) is 61.6 Å².